The zero-order valence-electron chi connectivity index (χ0n) is 52.2. The third kappa shape index (κ3) is 13.6. The van der Waals surface area contributed by atoms with Crippen LogP contribution in [-0.4, -0.2) is 26.7 Å². The molecule has 0 saturated carbocycles. The van der Waals surface area contributed by atoms with Gasteiger partial charge >= 0.3 is 0 Å². The monoisotopic (exact) mass is 1140 g/mol. The van der Waals surface area contributed by atoms with Crippen molar-refractivity contribution in [1.29, 1.82) is 0 Å². The van der Waals surface area contributed by atoms with Crippen LogP contribution in [0.25, 0.3) is 54.7 Å². The first kappa shape index (κ1) is 60.2. The van der Waals surface area contributed by atoms with Crippen molar-refractivity contribution in [1.82, 2.24) is 19.9 Å². The van der Waals surface area contributed by atoms with Crippen LogP contribution in [0, 0.1) is 11.8 Å². The van der Waals surface area contributed by atoms with Crippen LogP contribution in [0.3, 0.4) is 0 Å². The van der Waals surface area contributed by atoms with Crippen LogP contribution >= 0.6 is 0 Å². The molecule has 86 heavy (non-hydrogen) atoms. The van der Waals surface area contributed by atoms with Gasteiger partial charge in [0.05, 0.1) is 28.4 Å². The van der Waals surface area contributed by atoms with Crippen LogP contribution < -0.4 is 14.2 Å². The van der Waals surface area contributed by atoms with Crippen molar-refractivity contribution in [3.05, 3.63) is 263 Å². The highest BCUT2D eigenvalue weighted by Crippen LogP contribution is 2.49. The molecule has 0 amide bonds. The number of rotatable bonds is 6. The molecule has 15 rings (SSSR count). The molecule has 0 radical (unpaired) electrons. The van der Waals surface area contributed by atoms with E-state index >= 15 is 0 Å². The summed E-state index contributed by atoms with van der Waals surface area (Å²) < 4.78 is 16.4. The Morgan fingerprint density at radius 3 is 1.44 bits per heavy atom. The van der Waals surface area contributed by atoms with Gasteiger partial charge in [0, 0.05) is 28.9 Å². The predicted molar refractivity (Wildman–Crippen MR) is 361 cm³/mol. The van der Waals surface area contributed by atoms with E-state index in [9.17, 15) is 0 Å². The number of hydrogen-bond acceptors (Lipinski definition) is 5. The number of imidazole rings is 2. The maximum Gasteiger partial charge on any atom is 0.231 e. The molecular weight excluding hydrogens is 1050 g/mol. The average Bonchev–Trinajstić information content (AvgIpc) is 1.82. The summed E-state index contributed by atoms with van der Waals surface area (Å²) in [5, 5.41) is 5.47. The van der Waals surface area contributed by atoms with E-state index < -0.39 is 0 Å². The van der Waals surface area contributed by atoms with Gasteiger partial charge in [0.1, 0.15) is 17.3 Å². The van der Waals surface area contributed by atoms with Gasteiger partial charge in [-0.15, -0.1) is 0 Å². The number of aromatic nitrogens is 4. The van der Waals surface area contributed by atoms with Crippen molar-refractivity contribution in [2.45, 2.75) is 119 Å². The Hall–Kier alpha value is -8.94. The predicted octanol–water partition coefficient (Wildman–Crippen LogP) is 22.1. The summed E-state index contributed by atoms with van der Waals surface area (Å²) in [4.78, 5) is 15.0. The first-order valence-corrected chi connectivity index (χ1v) is 30.9. The summed E-state index contributed by atoms with van der Waals surface area (Å²) in [7, 11) is 0. The Balaban J connectivity index is 0.000000115. The van der Waals surface area contributed by atoms with Crippen LogP contribution in [0.2, 0.25) is 0 Å². The molecule has 0 atom stereocenters. The zero-order valence-corrected chi connectivity index (χ0v) is 52.2. The number of fused-ring (bicyclic) bond motifs is 10. The molecule has 12 aromatic rings. The summed E-state index contributed by atoms with van der Waals surface area (Å²) in [6.45, 7) is 27.0. The largest absolute Gasteiger partial charge is 0.457 e. The minimum Gasteiger partial charge on any atom is -0.457 e. The summed E-state index contributed by atoms with van der Waals surface area (Å²) in [5.41, 5.74) is 16.9. The third-order valence-electron chi connectivity index (χ3n) is 16.5. The first-order valence-electron chi connectivity index (χ1n) is 30.9. The van der Waals surface area contributed by atoms with E-state index in [0.29, 0.717) is 54.1 Å². The average molecular weight is 1140 g/mol. The molecule has 4 heterocycles. The Morgan fingerprint density at radius 2 is 0.884 bits per heavy atom. The highest BCUT2D eigenvalue weighted by atomic mass is 16.7. The smallest absolute Gasteiger partial charge is 0.231 e. The first-order chi connectivity index (χ1) is 41.6. The Morgan fingerprint density at radius 1 is 0.395 bits per heavy atom. The highest BCUT2D eigenvalue weighted by molar-refractivity contribution is 6.02. The zero-order chi connectivity index (χ0) is 60.4. The Kier molecular flexibility index (Phi) is 19.2. The van der Waals surface area contributed by atoms with Crippen molar-refractivity contribution < 1.29 is 14.2 Å². The van der Waals surface area contributed by atoms with Gasteiger partial charge in [-0.2, -0.15) is 0 Å². The molecule has 2 aromatic heterocycles. The molecule has 0 bridgehead atoms. The molecule has 3 aliphatic rings. The molecule has 0 unspecified atom stereocenters. The van der Waals surface area contributed by atoms with E-state index in [2.05, 4.69) is 267 Å². The second kappa shape index (κ2) is 27.4. The molecule has 7 nitrogen and oxygen atoms in total. The molecular formula is C79H84N4O3. The Bertz CT molecular complexity index is 4020. The van der Waals surface area contributed by atoms with Crippen LogP contribution in [0.5, 0.6) is 23.0 Å². The number of hydrogen-bond donors (Lipinski definition) is 2. The SMILES string of the molecule is CC(C)C1c2ccccc2-c2ccccc21.CC(C)C1c2ccccc2Oc2ccccc21.CC(C)c1c2ccccc2cc2ccccc12.CC(C)c1ccc2c(c1)OCO2.CC(C)c1ccc2nc[nH]c2c1.CC(C)c1nc2ccccc2[nH]1. The fourth-order valence-electron chi connectivity index (χ4n) is 12.1. The van der Waals surface area contributed by atoms with Crippen LogP contribution in [-0.2, 0) is 0 Å². The number of benzene rings is 10. The molecule has 7 heteroatoms. The summed E-state index contributed by atoms with van der Waals surface area (Å²) in [6.07, 6.45) is 1.73. The van der Waals surface area contributed by atoms with Gasteiger partial charge in [-0.1, -0.05) is 241 Å². The van der Waals surface area contributed by atoms with E-state index in [1.54, 1.807) is 6.33 Å². The molecule has 10 aromatic carbocycles. The molecule has 2 aliphatic heterocycles. The Labute approximate surface area is 509 Å². The second-order valence-corrected chi connectivity index (χ2v) is 24.6. The van der Waals surface area contributed by atoms with Crippen molar-refractivity contribution in [3.8, 4) is 34.1 Å². The van der Waals surface area contributed by atoms with Gasteiger partial charge in [0.2, 0.25) is 6.79 Å². The van der Waals surface area contributed by atoms with E-state index in [-0.39, 0.29) is 0 Å². The lowest BCUT2D eigenvalue weighted by Crippen LogP contribution is -2.14. The molecule has 438 valence electrons. The van der Waals surface area contributed by atoms with Gasteiger partial charge < -0.3 is 24.2 Å². The topological polar surface area (TPSA) is 85.0 Å². The number of aromatic amines is 2. The number of nitrogens with zero attached hydrogens (tertiary/aromatic N) is 2. The quantitative estimate of drug-likeness (QED) is 0.162. The van der Waals surface area contributed by atoms with Crippen molar-refractivity contribution in [2.24, 2.45) is 11.8 Å². The minimum atomic E-state index is 0.358. The second-order valence-electron chi connectivity index (χ2n) is 24.6. The van der Waals surface area contributed by atoms with Gasteiger partial charge in [0.15, 0.2) is 11.5 Å². The van der Waals surface area contributed by atoms with E-state index in [1.165, 1.54) is 71.6 Å². The summed E-state index contributed by atoms with van der Waals surface area (Å²) in [5.74, 6) is 9.20. The number of para-hydroxylation sites is 4. The fourth-order valence-corrected chi connectivity index (χ4v) is 12.1. The fraction of sp³-hybridized carbons (Fsp3) is 0.266. The maximum absolute atomic E-state index is 5.96. The lowest BCUT2D eigenvalue weighted by atomic mass is 9.80. The van der Waals surface area contributed by atoms with Gasteiger partial charge in [-0.3, -0.25) is 0 Å². The van der Waals surface area contributed by atoms with Crippen molar-refractivity contribution >= 4 is 43.6 Å². The van der Waals surface area contributed by atoms with Crippen LogP contribution in [0.1, 0.15) is 163 Å². The standard InChI is InChI=1S/C17H16.C16H16O.C16H16.2C10H12N2.C10H12O2/c1-12(2)17-15-9-5-3-7-13(15)11-14-8-4-6-10-16(14)17;1-11(2)16-12-7-3-5-9-14(12)17-15-10-6-4-8-13(15)16;1-11(2)16-14-9-5-3-7-12(14)13-8-4-6-10-15(13)16;1-7(2)8-3-4-9-10(5-8)12-6-11-9;1-7(2)10-11-8-5-3-4-6-9(8)12-10;1-7(2)8-3-4-9-10(5-8)12-6-11-9/h3-12H,1-2H3;3-11,16H,1-2H3;3-11,16H,1-2H3;2*3-7H,1-2H3,(H,11,12);3-5,7H,6H2,1-2H3. The lowest BCUT2D eigenvalue weighted by Gasteiger charge is -2.30. The normalized spacial score (nSPS) is 12.7. The van der Waals surface area contributed by atoms with Crippen molar-refractivity contribution in [2.75, 3.05) is 6.79 Å². The lowest BCUT2D eigenvalue weighted by molar-refractivity contribution is 0.174. The highest BCUT2D eigenvalue weighted by Gasteiger charge is 2.30. The molecule has 0 spiro atoms. The van der Waals surface area contributed by atoms with Crippen LogP contribution in [0.15, 0.2) is 219 Å². The summed E-state index contributed by atoms with van der Waals surface area (Å²) >= 11 is 0. The van der Waals surface area contributed by atoms with Crippen LogP contribution in [0.4, 0.5) is 0 Å². The van der Waals surface area contributed by atoms with E-state index in [1.807, 2.05) is 48.5 Å². The van der Waals surface area contributed by atoms with E-state index in [4.69, 9.17) is 14.2 Å². The number of H-pyrrole nitrogens is 2. The molecule has 2 N–H and O–H groups in total. The van der Waals surface area contributed by atoms with Gasteiger partial charge in [-0.05, 0) is 145 Å². The minimum absolute atomic E-state index is 0.358. The summed E-state index contributed by atoms with van der Waals surface area (Å²) in [6, 6.07) is 74.5. The molecule has 0 fully saturated rings. The number of nitrogens with one attached hydrogen (secondary N) is 2. The van der Waals surface area contributed by atoms with Gasteiger partial charge in [0.25, 0.3) is 0 Å². The third-order valence-corrected chi connectivity index (χ3v) is 16.5. The van der Waals surface area contributed by atoms with Gasteiger partial charge in [-0.25, -0.2) is 9.97 Å². The van der Waals surface area contributed by atoms with Crippen molar-refractivity contribution in [3.63, 3.8) is 0 Å². The van der Waals surface area contributed by atoms with E-state index in [0.717, 1.165) is 50.9 Å². The maximum atomic E-state index is 5.96. The number of ether oxygens (including phenoxy) is 3. The molecule has 0 saturated heterocycles. The molecule has 1 aliphatic carbocycles.